The van der Waals surface area contributed by atoms with E-state index in [2.05, 4.69) is 15.4 Å². The van der Waals surface area contributed by atoms with Gasteiger partial charge in [0.1, 0.15) is 29.2 Å². The van der Waals surface area contributed by atoms with Gasteiger partial charge in [-0.05, 0) is 35.4 Å². The number of nitrogens with two attached hydrogens (primary N) is 3. The Morgan fingerprint density at radius 3 is 1.88 bits per heavy atom. The molecule has 3 rings (SSSR count). The van der Waals surface area contributed by atoms with Gasteiger partial charge in [0.15, 0.2) is 0 Å². The maximum Gasteiger partial charge on any atom is 0.298 e. The predicted octanol–water partition coefficient (Wildman–Crippen LogP) is 2.61. The highest BCUT2D eigenvalue weighted by Crippen LogP contribution is 2.15. The molecule has 0 spiro atoms. The van der Waals surface area contributed by atoms with E-state index in [4.69, 9.17) is 38.6 Å². The molecule has 0 atom stereocenters. The highest BCUT2D eigenvalue weighted by Gasteiger charge is 2.03. The number of hydrogen-bond donors (Lipinski definition) is 4. The normalized spacial score (nSPS) is 8.88. The summed E-state index contributed by atoms with van der Waals surface area (Å²) in [5.74, 6) is 7.85. The summed E-state index contributed by atoms with van der Waals surface area (Å²) in [7, 11) is 3.29. The molecule has 0 amide bonds. The number of halogens is 1. The second kappa shape index (κ2) is 16.7. The van der Waals surface area contributed by atoms with E-state index in [0.29, 0.717) is 24.7 Å². The minimum absolute atomic E-state index is 0. The van der Waals surface area contributed by atoms with Gasteiger partial charge in [-0.3, -0.25) is 11.3 Å². The van der Waals surface area contributed by atoms with Crippen LogP contribution in [0.3, 0.4) is 0 Å². The molecule has 176 valence electrons. The molecule has 0 bridgehead atoms. The Kier molecular flexibility index (Phi) is 14.7. The van der Waals surface area contributed by atoms with Crippen LogP contribution in [0.15, 0.2) is 54.6 Å². The van der Waals surface area contributed by atoms with E-state index in [1.165, 1.54) is 0 Å². The fourth-order valence-corrected chi connectivity index (χ4v) is 2.38. The molecule has 10 nitrogen and oxygen atoms in total. The van der Waals surface area contributed by atoms with Crippen molar-refractivity contribution in [1.82, 2.24) is 15.2 Å². The molecule has 11 heteroatoms. The number of nitrogens with zero attached hydrogens (tertiary/aromatic N) is 4. The van der Waals surface area contributed by atoms with Gasteiger partial charge in [0.25, 0.3) is 6.54 Å². The molecule has 0 unspecified atom stereocenters. The first-order valence-corrected chi connectivity index (χ1v) is 9.45. The molecule has 0 aliphatic rings. The van der Waals surface area contributed by atoms with Crippen molar-refractivity contribution in [3.8, 4) is 17.6 Å². The molecule has 0 fully saturated rings. The van der Waals surface area contributed by atoms with Gasteiger partial charge in [-0.15, -0.1) is 12.4 Å². The fraction of sp³-hybridized carbons (Fsp3) is 0.227. The first-order valence-electron chi connectivity index (χ1n) is 9.45. The number of hydrazine groups is 1. The van der Waals surface area contributed by atoms with E-state index in [0.717, 1.165) is 22.6 Å². The van der Waals surface area contributed by atoms with Gasteiger partial charge in [-0.1, -0.05) is 24.3 Å². The molecular formula is C22H29ClN8O2. The molecule has 33 heavy (non-hydrogen) atoms. The van der Waals surface area contributed by atoms with E-state index in [1.807, 2.05) is 48.5 Å². The average molecular weight is 473 g/mol. The molecular weight excluding hydrogens is 444 g/mol. The summed E-state index contributed by atoms with van der Waals surface area (Å²) < 4.78 is 11.7. The zero-order chi connectivity index (χ0) is 23.8. The topological polar surface area (TPSA) is 155 Å². The maximum atomic E-state index is 7.60. The van der Waals surface area contributed by atoms with Crippen LogP contribution in [0, 0.1) is 17.9 Å². The van der Waals surface area contributed by atoms with E-state index in [-0.39, 0.29) is 19.0 Å². The standard InChI is InChI=1S/C11H14N4O.C8H12N2O.C3H2N2.ClH/c1-16-9-4-2-8(3-5-9)7-15-11(13)6-10(12)14-15;1-11-8-4-2-7(3-5-8)6-10-9;1-5-3-2-4;/h2-6H,7,13H2,1H3,(H2,12,14);2-5,10H,6,9H2,1H3;3H2;1H. The number of nitrogens with one attached hydrogen (secondary N) is 1. The number of hydrogen-bond acceptors (Lipinski definition) is 8. The largest absolute Gasteiger partial charge is 0.497 e. The predicted molar refractivity (Wildman–Crippen MR) is 131 cm³/mol. The molecule has 0 aliphatic carbocycles. The minimum atomic E-state index is -0.0139. The van der Waals surface area contributed by atoms with Gasteiger partial charge in [-0.25, -0.2) is 11.3 Å². The number of nitriles is 1. The number of methoxy groups -OCH3 is 2. The van der Waals surface area contributed by atoms with Crippen LogP contribution in [-0.4, -0.2) is 30.5 Å². The summed E-state index contributed by atoms with van der Waals surface area (Å²) in [5, 5.41) is 11.7. The monoisotopic (exact) mass is 472 g/mol. The summed E-state index contributed by atoms with van der Waals surface area (Å²) in [6.07, 6.45) is 0. The van der Waals surface area contributed by atoms with E-state index in [1.54, 1.807) is 31.0 Å². The first kappa shape index (κ1) is 29.0. The van der Waals surface area contributed by atoms with Crippen LogP contribution in [-0.2, 0) is 13.1 Å². The molecule has 1 aromatic heterocycles. The molecule has 0 radical (unpaired) electrons. The number of ether oxygens (including phenoxy) is 2. The Bertz CT molecular complexity index is 997. The quantitative estimate of drug-likeness (QED) is 0.185. The lowest BCUT2D eigenvalue weighted by Crippen LogP contribution is -2.20. The number of anilines is 2. The second-order valence-corrected chi connectivity index (χ2v) is 6.20. The van der Waals surface area contributed by atoms with Gasteiger partial charge in [0, 0.05) is 12.6 Å². The summed E-state index contributed by atoms with van der Waals surface area (Å²) in [4.78, 5) is 2.74. The zero-order valence-corrected chi connectivity index (χ0v) is 19.4. The number of benzene rings is 2. The average Bonchev–Trinajstić information content (AvgIpc) is 3.13. The van der Waals surface area contributed by atoms with Crippen molar-refractivity contribution in [2.45, 2.75) is 13.1 Å². The van der Waals surface area contributed by atoms with E-state index < -0.39 is 0 Å². The van der Waals surface area contributed by atoms with Crippen molar-refractivity contribution in [2.75, 3.05) is 32.2 Å². The maximum absolute atomic E-state index is 7.60. The van der Waals surface area contributed by atoms with Crippen molar-refractivity contribution in [3.05, 3.63) is 77.1 Å². The van der Waals surface area contributed by atoms with Crippen LogP contribution < -0.4 is 32.2 Å². The third kappa shape index (κ3) is 11.3. The van der Waals surface area contributed by atoms with Crippen molar-refractivity contribution < 1.29 is 9.47 Å². The van der Waals surface area contributed by atoms with E-state index >= 15 is 0 Å². The van der Waals surface area contributed by atoms with Crippen molar-refractivity contribution in [2.24, 2.45) is 5.84 Å². The molecule has 7 N–H and O–H groups in total. The molecule has 0 saturated heterocycles. The Morgan fingerprint density at radius 1 is 1.03 bits per heavy atom. The van der Waals surface area contributed by atoms with Gasteiger partial charge in [-0.2, -0.15) is 10.4 Å². The SMILES string of the molecule is COc1ccc(CNN)cc1.COc1ccc(Cn2nc(N)cc2N)cc1.Cl.[C-]#[N+]CC#N. The number of aromatic nitrogens is 2. The van der Waals surface area contributed by atoms with Crippen LogP contribution >= 0.6 is 12.4 Å². The molecule has 3 aromatic rings. The van der Waals surface area contributed by atoms with Crippen LogP contribution in [0.25, 0.3) is 4.85 Å². The van der Waals surface area contributed by atoms with Gasteiger partial charge in [0.05, 0.1) is 20.8 Å². The Labute approximate surface area is 200 Å². The third-order valence-electron chi connectivity index (χ3n) is 3.94. The molecule has 0 aliphatic heterocycles. The van der Waals surface area contributed by atoms with Crippen LogP contribution in [0.4, 0.5) is 11.6 Å². The fourth-order valence-electron chi connectivity index (χ4n) is 2.38. The van der Waals surface area contributed by atoms with Crippen molar-refractivity contribution in [3.63, 3.8) is 0 Å². The van der Waals surface area contributed by atoms with E-state index in [9.17, 15) is 0 Å². The summed E-state index contributed by atoms with van der Waals surface area (Å²) in [6, 6.07) is 18.8. The molecule has 0 saturated carbocycles. The summed E-state index contributed by atoms with van der Waals surface area (Å²) in [6.45, 7) is 7.28. The lowest BCUT2D eigenvalue weighted by Gasteiger charge is -2.05. The zero-order valence-electron chi connectivity index (χ0n) is 18.6. The van der Waals surface area contributed by atoms with Crippen LogP contribution in [0.5, 0.6) is 11.5 Å². The highest BCUT2D eigenvalue weighted by molar-refractivity contribution is 5.85. The van der Waals surface area contributed by atoms with Crippen LogP contribution in [0.1, 0.15) is 11.1 Å². The van der Waals surface area contributed by atoms with Gasteiger partial charge in [0.2, 0.25) is 0 Å². The summed E-state index contributed by atoms with van der Waals surface area (Å²) >= 11 is 0. The second-order valence-electron chi connectivity index (χ2n) is 6.20. The van der Waals surface area contributed by atoms with Crippen molar-refractivity contribution in [1.29, 1.82) is 5.26 Å². The third-order valence-corrected chi connectivity index (χ3v) is 3.94. The lowest BCUT2D eigenvalue weighted by molar-refractivity contribution is 0.414. The van der Waals surface area contributed by atoms with Crippen LogP contribution in [0.2, 0.25) is 0 Å². The number of rotatable bonds is 6. The Morgan fingerprint density at radius 2 is 1.55 bits per heavy atom. The Hall–Kier alpha value is -3.96. The smallest absolute Gasteiger partial charge is 0.298 e. The first-order chi connectivity index (χ1) is 15.5. The molecule has 2 aromatic carbocycles. The minimum Gasteiger partial charge on any atom is -0.497 e. The highest BCUT2D eigenvalue weighted by atomic mass is 35.5. The van der Waals surface area contributed by atoms with Crippen molar-refractivity contribution >= 4 is 24.0 Å². The summed E-state index contributed by atoms with van der Waals surface area (Å²) in [5.41, 5.74) is 16.1. The number of nitrogen functional groups attached to an aromatic ring is 2. The Balaban J connectivity index is 0.000000526. The van der Waals surface area contributed by atoms with Gasteiger partial charge < -0.3 is 25.8 Å². The lowest BCUT2D eigenvalue weighted by atomic mass is 10.2. The van der Waals surface area contributed by atoms with Gasteiger partial charge >= 0.3 is 0 Å². The molecule has 1 heterocycles.